The lowest BCUT2D eigenvalue weighted by molar-refractivity contribution is -0.152. The number of hydrogen-bond donors (Lipinski definition) is 0. The summed E-state index contributed by atoms with van der Waals surface area (Å²) >= 11 is 0. The lowest BCUT2D eigenvalue weighted by Crippen LogP contribution is -2.57. The fraction of sp³-hybridized carbons (Fsp3) is 0.718. The highest BCUT2D eigenvalue weighted by Gasteiger charge is 2.64. The maximum atomic E-state index is 13.9. The van der Waals surface area contributed by atoms with Crippen molar-refractivity contribution in [2.45, 2.75) is 131 Å². The number of rotatable bonds is 10. The molecule has 0 aromatic carbocycles. The topological polar surface area (TPSA) is 104 Å². The molecule has 47 heavy (non-hydrogen) atoms. The zero-order valence-electron chi connectivity index (χ0n) is 29.9. The van der Waals surface area contributed by atoms with Crippen molar-refractivity contribution in [3.05, 3.63) is 35.4 Å². The average molecular weight is 646 g/mol. The number of carbonyl (C=O) groups is 2. The van der Waals surface area contributed by atoms with Crippen LogP contribution in [0.5, 0.6) is 5.75 Å². The molecular weight excluding hydrogens is 590 g/mol. The van der Waals surface area contributed by atoms with Crippen LogP contribution >= 0.6 is 0 Å². The number of ketones is 1. The van der Waals surface area contributed by atoms with Crippen molar-refractivity contribution in [3.63, 3.8) is 0 Å². The molecule has 256 valence electrons. The molecule has 8 nitrogen and oxygen atoms in total. The molecule has 3 fully saturated rings. The van der Waals surface area contributed by atoms with E-state index in [0.29, 0.717) is 59.7 Å². The van der Waals surface area contributed by atoms with E-state index in [1.807, 2.05) is 19.1 Å². The molecule has 0 aliphatic heterocycles. The van der Waals surface area contributed by atoms with Crippen LogP contribution in [-0.4, -0.2) is 40.1 Å². The average Bonchev–Trinajstić information content (AvgIpc) is 3.66. The molecule has 8 unspecified atom stereocenters. The van der Waals surface area contributed by atoms with E-state index in [2.05, 4.69) is 56.7 Å². The first-order chi connectivity index (χ1) is 22.4. The molecule has 4 aliphatic rings. The van der Waals surface area contributed by atoms with Gasteiger partial charge in [0.25, 0.3) is 5.89 Å². The second kappa shape index (κ2) is 12.8. The smallest absolute Gasteiger partial charge is 0.306 e. The number of ether oxygens (including phenoxy) is 2. The van der Waals surface area contributed by atoms with Crippen molar-refractivity contribution in [2.24, 2.45) is 40.4 Å². The third-order valence-corrected chi connectivity index (χ3v) is 13.2. The van der Waals surface area contributed by atoms with Gasteiger partial charge >= 0.3 is 5.97 Å². The Morgan fingerprint density at radius 1 is 1.09 bits per heavy atom. The summed E-state index contributed by atoms with van der Waals surface area (Å²) in [5.74, 6) is 3.96. The number of allylic oxidation sites excluding steroid dienone is 2. The molecule has 2 aromatic rings. The Morgan fingerprint density at radius 2 is 1.87 bits per heavy atom. The molecule has 0 spiro atoms. The quantitative estimate of drug-likeness (QED) is 0.236. The molecule has 2 aromatic heterocycles. The molecule has 8 atom stereocenters. The normalized spacial score (nSPS) is 34.1. The van der Waals surface area contributed by atoms with Gasteiger partial charge in [-0.15, -0.1) is 10.2 Å². The fourth-order valence-corrected chi connectivity index (χ4v) is 10.7. The Labute approximate surface area is 280 Å². The second-order valence-corrected chi connectivity index (χ2v) is 16.1. The number of fused-ring (bicyclic) bond motifs is 5. The van der Waals surface area contributed by atoms with Gasteiger partial charge in [-0.05, 0) is 128 Å². The number of nitrogens with zero attached hydrogens (tertiary/aromatic N) is 3. The van der Waals surface area contributed by atoms with E-state index in [0.717, 1.165) is 50.5 Å². The first-order valence-corrected chi connectivity index (χ1v) is 18.2. The zero-order chi connectivity index (χ0) is 33.7. The van der Waals surface area contributed by atoms with Gasteiger partial charge in [0.05, 0.1) is 24.8 Å². The van der Waals surface area contributed by atoms with Crippen molar-refractivity contribution < 1.29 is 23.5 Å². The Morgan fingerprint density at radius 3 is 2.55 bits per heavy atom. The summed E-state index contributed by atoms with van der Waals surface area (Å²) in [6, 6.07) is 3.68. The van der Waals surface area contributed by atoms with Crippen LogP contribution < -0.4 is 4.74 Å². The molecule has 0 N–H and O–H groups in total. The summed E-state index contributed by atoms with van der Waals surface area (Å²) in [5.41, 5.74) is 2.73. The summed E-state index contributed by atoms with van der Waals surface area (Å²) < 4.78 is 17.5. The Bertz CT molecular complexity index is 1510. The van der Waals surface area contributed by atoms with Gasteiger partial charge in [-0.25, -0.2) is 4.98 Å². The molecule has 3 saturated carbocycles. The summed E-state index contributed by atoms with van der Waals surface area (Å²) in [5, 5.41) is 9.11. The van der Waals surface area contributed by atoms with Gasteiger partial charge in [0.1, 0.15) is 11.4 Å². The largest absolute Gasteiger partial charge is 0.495 e. The maximum Gasteiger partial charge on any atom is 0.306 e. The summed E-state index contributed by atoms with van der Waals surface area (Å²) in [4.78, 5) is 30.7. The molecule has 2 heterocycles. The van der Waals surface area contributed by atoms with E-state index in [4.69, 9.17) is 13.9 Å². The molecular formula is C39H55N3O5. The first-order valence-electron chi connectivity index (χ1n) is 18.2. The highest BCUT2D eigenvalue weighted by molar-refractivity contribution is 6.01. The van der Waals surface area contributed by atoms with Crippen molar-refractivity contribution in [1.29, 1.82) is 0 Å². The van der Waals surface area contributed by atoms with Crippen LogP contribution in [0.1, 0.15) is 125 Å². The van der Waals surface area contributed by atoms with Gasteiger partial charge < -0.3 is 13.9 Å². The van der Waals surface area contributed by atoms with Crippen molar-refractivity contribution in [1.82, 2.24) is 15.2 Å². The zero-order valence-corrected chi connectivity index (χ0v) is 29.9. The summed E-state index contributed by atoms with van der Waals surface area (Å²) in [6.45, 7) is 16.0. The van der Waals surface area contributed by atoms with E-state index in [1.165, 1.54) is 18.4 Å². The van der Waals surface area contributed by atoms with Gasteiger partial charge in [0.15, 0.2) is 5.78 Å². The number of methoxy groups -OCH3 is 1. The van der Waals surface area contributed by atoms with Crippen LogP contribution in [0.25, 0.3) is 11.6 Å². The molecule has 0 radical (unpaired) electrons. The van der Waals surface area contributed by atoms with E-state index >= 15 is 0 Å². The van der Waals surface area contributed by atoms with E-state index in [1.54, 1.807) is 13.3 Å². The monoisotopic (exact) mass is 645 g/mol. The van der Waals surface area contributed by atoms with Crippen LogP contribution in [-0.2, 0) is 19.7 Å². The number of pyridine rings is 1. The standard InChI is InChI=1S/C39H55N3O5/c1-9-10-32(44)46-25(5)16-19-37(6)24(4)15-18-38(7)28-17-20-39(36-42-41-35(47-36)29-13-11-26(45-8)22-40-29)21-30(43)33(23(2)3)34(39)27(28)12-14-31(37)38/h11,13,22-25,27-28,31H,9-10,12,14-21H2,1-8H3. The molecule has 4 aliphatic carbocycles. The van der Waals surface area contributed by atoms with Crippen molar-refractivity contribution in [2.75, 3.05) is 7.11 Å². The van der Waals surface area contributed by atoms with Crippen LogP contribution in [0.4, 0.5) is 0 Å². The Hall–Kier alpha value is -3.03. The van der Waals surface area contributed by atoms with Crippen LogP contribution in [0.15, 0.2) is 33.9 Å². The predicted molar refractivity (Wildman–Crippen MR) is 180 cm³/mol. The number of Topliss-reactive ketones (excluding diaryl/α,β-unsaturated/α-hetero) is 1. The minimum absolute atomic E-state index is 0.0615. The molecule has 0 bridgehead atoms. The highest BCUT2D eigenvalue weighted by atomic mass is 16.5. The molecule has 6 rings (SSSR count). The van der Waals surface area contributed by atoms with Gasteiger partial charge in [-0.2, -0.15) is 0 Å². The van der Waals surface area contributed by atoms with Gasteiger partial charge in [0.2, 0.25) is 5.89 Å². The van der Waals surface area contributed by atoms with Crippen LogP contribution in [0.3, 0.4) is 0 Å². The number of hydrogen-bond acceptors (Lipinski definition) is 8. The Kier molecular flexibility index (Phi) is 9.20. The maximum absolute atomic E-state index is 13.9. The summed E-state index contributed by atoms with van der Waals surface area (Å²) in [6.07, 6.45) is 11.8. The predicted octanol–water partition coefficient (Wildman–Crippen LogP) is 8.69. The van der Waals surface area contributed by atoms with Gasteiger partial charge in [-0.3, -0.25) is 9.59 Å². The number of carbonyl (C=O) groups excluding carboxylic acids is 2. The summed E-state index contributed by atoms with van der Waals surface area (Å²) in [7, 11) is 1.62. The van der Waals surface area contributed by atoms with Crippen LogP contribution in [0, 0.1) is 40.4 Å². The lowest BCUT2D eigenvalue weighted by atomic mass is 9.40. The van der Waals surface area contributed by atoms with E-state index in [9.17, 15) is 9.59 Å². The SMILES string of the molecule is CCCC(=O)OC(C)CCC1(C)C(C)CCC2(C)C3CCC4(c5nnc(-c6ccc(OC)cn6)o5)CC(=O)C(C(C)C)=C4C3CCC12. The second-order valence-electron chi connectivity index (χ2n) is 16.1. The first kappa shape index (κ1) is 33.9. The minimum Gasteiger partial charge on any atom is -0.495 e. The molecule has 0 saturated heterocycles. The van der Waals surface area contributed by atoms with Gasteiger partial charge in [-0.1, -0.05) is 41.5 Å². The Balaban J connectivity index is 1.31. The molecule has 0 amide bonds. The number of aromatic nitrogens is 3. The van der Waals surface area contributed by atoms with E-state index < -0.39 is 5.41 Å². The fourth-order valence-electron chi connectivity index (χ4n) is 10.7. The third kappa shape index (κ3) is 5.65. The molecule has 8 heteroatoms. The lowest BCUT2D eigenvalue weighted by Gasteiger charge is -2.64. The van der Waals surface area contributed by atoms with E-state index in [-0.39, 0.29) is 34.6 Å². The van der Waals surface area contributed by atoms with Crippen molar-refractivity contribution in [3.8, 4) is 17.3 Å². The van der Waals surface area contributed by atoms with Crippen LogP contribution in [0.2, 0.25) is 0 Å². The third-order valence-electron chi connectivity index (χ3n) is 13.2. The minimum atomic E-state index is -0.540. The van der Waals surface area contributed by atoms with Crippen molar-refractivity contribution >= 4 is 11.8 Å². The highest BCUT2D eigenvalue weighted by Crippen LogP contribution is 2.70. The number of esters is 1. The van der Waals surface area contributed by atoms with Gasteiger partial charge in [0, 0.05) is 12.8 Å².